The monoisotopic (exact) mass is 366 g/mol. The second-order valence-electron chi connectivity index (χ2n) is 3.88. The number of halogens is 2. The summed E-state index contributed by atoms with van der Waals surface area (Å²) in [5.74, 6) is 0. The van der Waals surface area contributed by atoms with Crippen LogP contribution in [0.2, 0.25) is 0 Å². The Kier molecular flexibility index (Phi) is 1.12. The fourth-order valence-electron chi connectivity index (χ4n) is 2.13. The summed E-state index contributed by atoms with van der Waals surface area (Å²) in [6, 6.07) is -1.96. The van der Waals surface area contributed by atoms with E-state index in [2.05, 4.69) is 31.9 Å². The van der Waals surface area contributed by atoms with E-state index in [1.165, 1.54) is 0 Å². The Balaban J connectivity index is 2.63. The molecule has 0 amide bonds. The lowest BCUT2D eigenvalue weighted by Gasteiger charge is -2.12. The Labute approximate surface area is 132 Å². The van der Waals surface area contributed by atoms with Crippen LogP contribution in [0.4, 0.5) is 0 Å². The first-order valence-corrected chi connectivity index (χ1v) is 6.71. The Bertz CT molecular complexity index is 1090. The van der Waals surface area contributed by atoms with E-state index in [1.807, 2.05) is 0 Å². The van der Waals surface area contributed by atoms with E-state index in [4.69, 9.17) is 11.0 Å². The van der Waals surface area contributed by atoms with E-state index in [9.17, 15) is 0 Å². The van der Waals surface area contributed by atoms with Crippen molar-refractivity contribution in [1.29, 1.82) is 0 Å². The number of hydrogen-bond acceptors (Lipinski definition) is 0. The number of benzene rings is 4. The van der Waals surface area contributed by atoms with Crippen LogP contribution in [0.5, 0.6) is 0 Å². The summed E-state index contributed by atoms with van der Waals surface area (Å²) < 4.78 is 66.5. The summed E-state index contributed by atoms with van der Waals surface area (Å²) in [5.41, 5.74) is 0. The van der Waals surface area contributed by atoms with Crippen molar-refractivity contribution >= 4 is 64.2 Å². The van der Waals surface area contributed by atoms with Crippen LogP contribution < -0.4 is 0 Å². The lowest BCUT2D eigenvalue weighted by Crippen LogP contribution is -1.85. The summed E-state index contributed by atoms with van der Waals surface area (Å²) in [6.45, 7) is 0. The first kappa shape index (κ1) is 5.48. The minimum Gasteiger partial charge on any atom is -0.0537 e. The van der Waals surface area contributed by atoms with Crippen molar-refractivity contribution in [2.45, 2.75) is 0 Å². The first-order valence-electron chi connectivity index (χ1n) is 9.13. The van der Waals surface area contributed by atoms with E-state index in [0.717, 1.165) is 0 Å². The van der Waals surface area contributed by atoms with Crippen LogP contribution in [-0.2, 0) is 0 Å². The Morgan fingerprint density at radius 3 is 1.44 bits per heavy atom. The van der Waals surface area contributed by atoms with Gasteiger partial charge in [-0.1, -0.05) is 68.1 Å². The minimum atomic E-state index is -0.317. The highest BCUT2D eigenvalue weighted by Crippen LogP contribution is 2.39. The molecule has 4 aromatic carbocycles. The molecule has 4 rings (SSSR count). The van der Waals surface area contributed by atoms with Crippen molar-refractivity contribution in [2.24, 2.45) is 0 Å². The number of hydrogen-bond donors (Lipinski definition) is 0. The molecule has 4 aromatic rings. The van der Waals surface area contributed by atoms with Gasteiger partial charge in [0.1, 0.15) is 0 Å². The largest absolute Gasteiger partial charge is 0.0635 e. The van der Waals surface area contributed by atoms with Gasteiger partial charge < -0.3 is 0 Å². The lowest BCUT2D eigenvalue weighted by molar-refractivity contribution is 1.73. The normalized spacial score (nSPS) is 18.1. The fourth-order valence-corrected chi connectivity index (χ4v) is 2.92. The first-order chi connectivity index (χ1) is 12.1. The van der Waals surface area contributed by atoms with E-state index < -0.39 is 0 Å². The standard InChI is InChI=1S/C16H8Br2/c17-13-7-3-9-1-2-10-4-8-14(18)12-6-5-11(13)15(9)16(10)12/h1-8H/i1D,2D,3D,4D,5D,6D,7D,8D. The van der Waals surface area contributed by atoms with Crippen LogP contribution in [0.15, 0.2) is 57.3 Å². The van der Waals surface area contributed by atoms with Gasteiger partial charge in [-0.2, -0.15) is 0 Å². The minimum absolute atomic E-state index is 0.0493. The van der Waals surface area contributed by atoms with Gasteiger partial charge in [0.05, 0.1) is 11.0 Å². The van der Waals surface area contributed by atoms with Gasteiger partial charge in [0.15, 0.2) is 0 Å². The van der Waals surface area contributed by atoms with Crippen molar-refractivity contribution in [2.75, 3.05) is 0 Å². The van der Waals surface area contributed by atoms with Gasteiger partial charge in [0.25, 0.3) is 0 Å². The SMILES string of the molecule is [2H]c1c([2H])c2c([2H])c([2H])c3c([2H])c([2H])c(Br)c4c([2H])c([2H])c(c1Br)c2c34. The van der Waals surface area contributed by atoms with Crippen molar-refractivity contribution in [3.05, 3.63) is 57.3 Å². The van der Waals surface area contributed by atoms with Crippen LogP contribution in [-0.4, -0.2) is 0 Å². The quantitative estimate of drug-likeness (QED) is 0.329. The second kappa shape index (κ2) is 3.69. The molecule has 0 fully saturated rings. The van der Waals surface area contributed by atoms with E-state index in [1.54, 1.807) is 0 Å². The smallest absolute Gasteiger partial charge is 0.0537 e. The molecule has 86 valence electrons. The molecule has 0 aliphatic heterocycles. The van der Waals surface area contributed by atoms with Crippen molar-refractivity contribution < 1.29 is 11.0 Å². The highest BCUT2D eigenvalue weighted by atomic mass is 79.9. The summed E-state index contributed by atoms with van der Waals surface area (Å²) in [5, 5.41) is 1.13. The highest BCUT2D eigenvalue weighted by Gasteiger charge is 2.10. The molecule has 0 saturated heterocycles. The molecule has 0 aliphatic rings. The highest BCUT2D eigenvalue weighted by molar-refractivity contribution is 9.11. The summed E-state index contributed by atoms with van der Waals surface area (Å²) in [7, 11) is 0. The van der Waals surface area contributed by atoms with Crippen molar-refractivity contribution in [1.82, 2.24) is 0 Å². The zero-order chi connectivity index (χ0) is 19.2. The van der Waals surface area contributed by atoms with Gasteiger partial charge in [-0.05, 0) is 44.4 Å². The second-order valence-corrected chi connectivity index (χ2v) is 5.46. The Morgan fingerprint density at radius 2 is 1.00 bits per heavy atom. The molecule has 2 heteroatoms. The Morgan fingerprint density at radius 1 is 0.611 bits per heavy atom. The topological polar surface area (TPSA) is 0 Å². The zero-order valence-electron chi connectivity index (χ0n) is 16.8. The molecule has 0 unspecified atom stereocenters. The van der Waals surface area contributed by atoms with E-state index in [0.29, 0.717) is 10.8 Å². The van der Waals surface area contributed by atoms with Crippen LogP contribution in [0.3, 0.4) is 0 Å². The molecule has 18 heavy (non-hydrogen) atoms. The van der Waals surface area contributed by atoms with Gasteiger partial charge >= 0.3 is 0 Å². The molecule has 0 spiro atoms. The molecule has 0 nitrogen and oxygen atoms in total. The molecule has 0 aliphatic carbocycles. The average molecular weight is 368 g/mol. The summed E-state index contributed by atoms with van der Waals surface area (Å²) in [4.78, 5) is 0. The Hall–Kier alpha value is -1.12. The van der Waals surface area contributed by atoms with Gasteiger partial charge in [-0.15, -0.1) is 0 Å². The molecule has 0 bridgehead atoms. The van der Waals surface area contributed by atoms with Crippen molar-refractivity contribution in [3.63, 3.8) is 0 Å². The van der Waals surface area contributed by atoms with E-state index >= 15 is 0 Å². The predicted octanol–water partition coefficient (Wildman–Crippen LogP) is 6.11. The maximum Gasteiger partial charge on any atom is 0.0635 e. The molecule has 0 heterocycles. The van der Waals surface area contributed by atoms with E-state index in [-0.39, 0.29) is 78.8 Å². The molecule has 0 aromatic heterocycles. The molecule has 0 radical (unpaired) electrons. The maximum absolute atomic E-state index is 8.39. The molecule has 0 atom stereocenters. The van der Waals surface area contributed by atoms with Crippen LogP contribution in [0, 0.1) is 0 Å². The lowest BCUT2D eigenvalue weighted by atomic mass is 9.94. The van der Waals surface area contributed by atoms with Crippen LogP contribution in [0.1, 0.15) is 11.0 Å². The molecular weight excluding hydrogens is 352 g/mol. The van der Waals surface area contributed by atoms with Gasteiger partial charge in [0.2, 0.25) is 0 Å². The molecular formula is C16H8Br2. The van der Waals surface area contributed by atoms with Crippen LogP contribution in [0.25, 0.3) is 32.3 Å². The zero-order valence-corrected chi connectivity index (χ0v) is 11.9. The fraction of sp³-hybridized carbons (Fsp3) is 0. The average Bonchev–Trinajstić information content (AvgIpc) is 2.60. The predicted molar refractivity (Wildman–Crippen MR) is 85.5 cm³/mol. The third kappa shape index (κ3) is 1.30. The maximum atomic E-state index is 8.39. The molecule has 0 N–H and O–H groups in total. The van der Waals surface area contributed by atoms with Gasteiger partial charge in [0, 0.05) is 8.95 Å². The van der Waals surface area contributed by atoms with Crippen LogP contribution >= 0.6 is 31.9 Å². The summed E-state index contributed by atoms with van der Waals surface area (Å²) >= 11 is 6.48. The summed E-state index contributed by atoms with van der Waals surface area (Å²) in [6.07, 6.45) is 0. The van der Waals surface area contributed by atoms with Gasteiger partial charge in [-0.3, -0.25) is 0 Å². The number of rotatable bonds is 0. The third-order valence-corrected chi connectivity index (χ3v) is 4.10. The molecule has 0 saturated carbocycles. The van der Waals surface area contributed by atoms with Gasteiger partial charge in [-0.25, -0.2) is 0 Å². The third-order valence-electron chi connectivity index (χ3n) is 2.91. The van der Waals surface area contributed by atoms with Crippen molar-refractivity contribution in [3.8, 4) is 0 Å².